The second-order valence-electron chi connectivity index (χ2n) is 8.33. The van der Waals surface area contributed by atoms with Gasteiger partial charge in [-0.1, -0.05) is 12.1 Å². The summed E-state index contributed by atoms with van der Waals surface area (Å²) >= 11 is 0. The van der Waals surface area contributed by atoms with E-state index in [2.05, 4.69) is 10.0 Å². The zero-order valence-corrected chi connectivity index (χ0v) is 21.3. The van der Waals surface area contributed by atoms with Crippen LogP contribution in [0.15, 0.2) is 45.6 Å². The van der Waals surface area contributed by atoms with Gasteiger partial charge >= 0.3 is 28.0 Å². The van der Waals surface area contributed by atoms with Gasteiger partial charge in [0.05, 0.1) is 5.69 Å². The average Bonchev–Trinajstić information content (AvgIpc) is 2.80. The van der Waals surface area contributed by atoms with Crippen LogP contribution in [-0.4, -0.2) is 57.9 Å². The van der Waals surface area contributed by atoms with E-state index >= 15 is 4.39 Å². The van der Waals surface area contributed by atoms with Gasteiger partial charge in [0.2, 0.25) is 0 Å². The van der Waals surface area contributed by atoms with Crippen LogP contribution in [0.1, 0.15) is 16.7 Å². The Bertz CT molecular complexity index is 1520. The van der Waals surface area contributed by atoms with Crippen molar-refractivity contribution >= 4 is 39.0 Å². The van der Waals surface area contributed by atoms with Crippen LogP contribution in [0.5, 0.6) is 5.75 Å². The van der Waals surface area contributed by atoms with Crippen LogP contribution in [0.25, 0.3) is 11.0 Å². The monoisotopic (exact) mass is 535 g/mol. The summed E-state index contributed by atoms with van der Waals surface area (Å²) in [6, 6.07) is 7.55. The topological polar surface area (TPSA) is 164 Å². The Hall–Kier alpha value is -4.17. The lowest BCUT2D eigenvalue weighted by Crippen LogP contribution is -2.30. The maximum Gasteiger partial charge on any atom is 0.414 e. The first-order valence-corrected chi connectivity index (χ1v) is 12.2. The number of nitrogens with zero attached hydrogens (tertiary/aromatic N) is 2. The van der Waals surface area contributed by atoms with Gasteiger partial charge < -0.3 is 25.1 Å². The minimum absolute atomic E-state index is 0.00228. The van der Waals surface area contributed by atoms with E-state index in [0.29, 0.717) is 10.9 Å². The second kappa shape index (κ2) is 10.8. The molecule has 1 aromatic heterocycles. The van der Waals surface area contributed by atoms with Crippen molar-refractivity contribution in [1.82, 2.24) is 14.5 Å². The Balaban J connectivity index is 2.09. The molecule has 0 spiro atoms. The van der Waals surface area contributed by atoms with Crippen molar-refractivity contribution in [2.24, 2.45) is 5.73 Å². The number of urea groups is 1. The fraction of sp³-hybridized carbons (Fsp3) is 0.261. The summed E-state index contributed by atoms with van der Waals surface area (Å²) in [5.74, 6) is -0.769. The zero-order valence-electron chi connectivity index (χ0n) is 20.5. The Morgan fingerprint density at radius 3 is 2.43 bits per heavy atom. The molecular weight excluding hydrogens is 509 g/mol. The van der Waals surface area contributed by atoms with E-state index in [1.165, 1.54) is 69.5 Å². The first-order valence-electron chi connectivity index (χ1n) is 10.8. The number of amides is 3. The van der Waals surface area contributed by atoms with Crippen LogP contribution in [-0.2, 0) is 23.2 Å². The highest BCUT2D eigenvalue weighted by Gasteiger charge is 2.21. The molecule has 37 heavy (non-hydrogen) atoms. The first-order chi connectivity index (χ1) is 17.3. The summed E-state index contributed by atoms with van der Waals surface area (Å²) in [6.07, 6.45) is -0.927. The first kappa shape index (κ1) is 27.4. The van der Waals surface area contributed by atoms with E-state index in [4.69, 9.17) is 14.9 Å². The molecule has 4 N–H and O–H groups in total. The third kappa shape index (κ3) is 6.34. The lowest BCUT2D eigenvalue weighted by Gasteiger charge is -2.16. The van der Waals surface area contributed by atoms with Crippen molar-refractivity contribution in [3.8, 4) is 5.75 Å². The van der Waals surface area contributed by atoms with E-state index in [0.717, 1.165) is 4.31 Å². The van der Waals surface area contributed by atoms with E-state index in [1.807, 2.05) is 0 Å². The van der Waals surface area contributed by atoms with Gasteiger partial charge in [0, 0.05) is 58.2 Å². The highest BCUT2D eigenvalue weighted by molar-refractivity contribution is 7.90. The maximum absolute atomic E-state index is 15.3. The fourth-order valence-corrected chi connectivity index (χ4v) is 3.93. The van der Waals surface area contributed by atoms with Gasteiger partial charge in [-0.3, -0.25) is 4.72 Å². The molecule has 0 unspecified atom stereocenters. The maximum atomic E-state index is 15.3. The summed E-state index contributed by atoms with van der Waals surface area (Å²) in [5.41, 5.74) is 4.47. The van der Waals surface area contributed by atoms with Crippen molar-refractivity contribution in [2.75, 3.05) is 32.9 Å². The molecule has 0 aliphatic heterocycles. The van der Waals surface area contributed by atoms with Crippen molar-refractivity contribution in [1.29, 1.82) is 0 Å². The predicted molar refractivity (Wildman–Crippen MR) is 134 cm³/mol. The molecule has 3 amide bonds. The summed E-state index contributed by atoms with van der Waals surface area (Å²) in [7, 11) is 1.60. The number of rotatable bonds is 8. The molecule has 198 valence electrons. The number of carbonyl (C=O) groups is 2. The predicted octanol–water partition coefficient (Wildman–Crippen LogP) is 1.97. The van der Waals surface area contributed by atoms with Gasteiger partial charge in [0.15, 0.2) is 5.82 Å². The second-order valence-corrected chi connectivity index (χ2v) is 10.2. The van der Waals surface area contributed by atoms with Crippen LogP contribution >= 0.6 is 0 Å². The third-order valence-electron chi connectivity index (χ3n) is 5.27. The summed E-state index contributed by atoms with van der Waals surface area (Å²) in [6.45, 7) is -0.182. The van der Waals surface area contributed by atoms with Crippen molar-refractivity contribution < 1.29 is 31.6 Å². The number of primary amides is 1. The number of carbonyl (C=O) groups excluding carboxylic acids is 2. The third-order valence-corrected chi connectivity index (χ3v) is 6.71. The molecule has 0 saturated carbocycles. The molecule has 0 aliphatic carbocycles. The smallest absolute Gasteiger partial charge is 0.414 e. The number of ether oxygens (including phenoxy) is 1. The Morgan fingerprint density at radius 2 is 1.81 bits per heavy atom. The molecule has 3 aromatic rings. The van der Waals surface area contributed by atoms with Gasteiger partial charge in [-0.25, -0.2) is 18.8 Å². The normalized spacial score (nSPS) is 11.4. The molecule has 0 bridgehead atoms. The number of hydrogen-bond donors (Lipinski definition) is 3. The van der Waals surface area contributed by atoms with E-state index < -0.39 is 33.8 Å². The highest BCUT2D eigenvalue weighted by Crippen LogP contribution is 2.28. The number of hydrogen-bond acceptors (Lipinski definition) is 7. The number of nitrogens with two attached hydrogens (primary N) is 1. The largest absolute Gasteiger partial charge is 0.422 e. The average molecular weight is 536 g/mol. The van der Waals surface area contributed by atoms with Crippen LogP contribution in [0.4, 0.5) is 19.7 Å². The number of nitrogens with one attached hydrogen (secondary N) is 2. The molecule has 12 nitrogen and oxygen atoms in total. The Labute approximate surface area is 212 Å². The molecular formula is C23H26FN5O7S. The number of benzene rings is 2. The SMILES string of the molecule is CN(C)C(=O)Oc1ccc2c(CNC(N)=O)c(Cc3cccc(NS(=O)(=O)N(C)C)c3F)c(=O)oc2c1. The summed E-state index contributed by atoms with van der Waals surface area (Å²) in [5, 5.41) is 2.80. The van der Waals surface area contributed by atoms with Crippen LogP contribution in [0.2, 0.25) is 0 Å². The molecule has 0 saturated heterocycles. The minimum atomic E-state index is -3.98. The molecule has 1 heterocycles. The Kier molecular flexibility index (Phi) is 8.03. The van der Waals surface area contributed by atoms with Crippen molar-refractivity contribution in [3.05, 3.63) is 69.3 Å². The highest BCUT2D eigenvalue weighted by atomic mass is 32.2. The summed E-state index contributed by atoms with van der Waals surface area (Å²) in [4.78, 5) is 37.5. The fourth-order valence-electron chi connectivity index (χ4n) is 3.31. The van der Waals surface area contributed by atoms with E-state index in [1.54, 1.807) is 0 Å². The molecule has 3 rings (SSSR count). The zero-order chi connectivity index (χ0) is 27.5. The summed E-state index contributed by atoms with van der Waals surface area (Å²) < 4.78 is 53.2. The molecule has 0 radical (unpaired) electrons. The lowest BCUT2D eigenvalue weighted by molar-refractivity contribution is 0.172. The molecule has 14 heteroatoms. The molecule has 0 fully saturated rings. The quantitative estimate of drug-likeness (QED) is 0.371. The van der Waals surface area contributed by atoms with Crippen LogP contribution < -0.4 is 26.1 Å². The van der Waals surface area contributed by atoms with Crippen molar-refractivity contribution in [3.63, 3.8) is 0 Å². The standard InChI is InChI=1S/C23H26FN5O7S/c1-28(2)23(32)35-14-8-9-15-17(12-26-22(25)31)16(21(30)36-19(15)11-14)10-13-6-5-7-18(20(13)24)27-37(33,34)29(3)4/h5-9,11,27H,10,12H2,1-4H3,(H3,25,26,31). The van der Waals surface area contributed by atoms with Crippen LogP contribution in [0, 0.1) is 5.82 Å². The molecule has 0 atom stereocenters. The van der Waals surface area contributed by atoms with Gasteiger partial charge in [0.25, 0.3) is 0 Å². The van der Waals surface area contributed by atoms with E-state index in [9.17, 15) is 22.8 Å². The minimum Gasteiger partial charge on any atom is -0.422 e. The lowest BCUT2D eigenvalue weighted by atomic mass is 9.97. The molecule has 2 aromatic carbocycles. The van der Waals surface area contributed by atoms with Gasteiger partial charge in [0.1, 0.15) is 11.3 Å². The van der Waals surface area contributed by atoms with E-state index in [-0.39, 0.29) is 41.1 Å². The number of fused-ring (bicyclic) bond motifs is 1. The van der Waals surface area contributed by atoms with Crippen molar-refractivity contribution in [2.45, 2.75) is 13.0 Å². The van der Waals surface area contributed by atoms with Gasteiger partial charge in [-0.2, -0.15) is 12.7 Å². The van der Waals surface area contributed by atoms with Gasteiger partial charge in [-0.15, -0.1) is 0 Å². The van der Waals surface area contributed by atoms with Gasteiger partial charge in [-0.05, 0) is 29.3 Å². The van der Waals surface area contributed by atoms with Crippen LogP contribution in [0.3, 0.4) is 0 Å². The Morgan fingerprint density at radius 1 is 1.11 bits per heavy atom. The molecule has 0 aliphatic rings. The number of halogens is 1. The number of anilines is 1.